The molecule has 0 bridgehead atoms. The van der Waals surface area contributed by atoms with Crippen LogP contribution in [-0.4, -0.2) is 32.6 Å². The Balaban J connectivity index is 1.68. The summed E-state index contributed by atoms with van der Waals surface area (Å²) in [5, 5.41) is 15.6. The quantitative estimate of drug-likeness (QED) is 0.279. The highest BCUT2D eigenvalue weighted by molar-refractivity contribution is 7.99. The van der Waals surface area contributed by atoms with Crippen LogP contribution in [0.5, 0.6) is 0 Å². The van der Waals surface area contributed by atoms with Crippen molar-refractivity contribution in [3.8, 4) is 0 Å². The second-order valence-electron chi connectivity index (χ2n) is 8.75. The van der Waals surface area contributed by atoms with Gasteiger partial charge in [0.05, 0.1) is 16.7 Å². The van der Waals surface area contributed by atoms with E-state index in [0.29, 0.717) is 11.2 Å². The molecule has 1 unspecified atom stereocenters. The standard InChI is InChI=1S/C24H25F3N2OS2/c1-4-31-20-11-16-10-17(29-19(16)13-28-20)12-23(30,24(25,26)27)14-22(2,3)18-7-5-6-15-8-9-32-21(15)18/h5-11,13,29-30H,4,12,14H2,1-3H3. The number of nitrogens with one attached hydrogen (secondary N) is 1. The molecule has 0 saturated carbocycles. The number of thioether (sulfide) groups is 1. The third kappa shape index (κ3) is 4.40. The summed E-state index contributed by atoms with van der Waals surface area (Å²) >= 11 is 3.08. The van der Waals surface area contributed by atoms with Gasteiger partial charge in [-0.05, 0) is 52.1 Å². The summed E-state index contributed by atoms with van der Waals surface area (Å²) in [6.45, 7) is 5.55. The number of nitrogens with zero attached hydrogens (tertiary/aromatic N) is 1. The fraction of sp³-hybridized carbons (Fsp3) is 0.375. The zero-order chi connectivity index (χ0) is 23.1. The molecule has 1 aromatic carbocycles. The van der Waals surface area contributed by atoms with Gasteiger partial charge in [0.2, 0.25) is 0 Å². The van der Waals surface area contributed by atoms with Gasteiger partial charge in [-0.2, -0.15) is 13.2 Å². The summed E-state index contributed by atoms with van der Waals surface area (Å²) in [7, 11) is 0. The summed E-state index contributed by atoms with van der Waals surface area (Å²) < 4.78 is 43.7. The minimum Gasteiger partial charge on any atom is -0.380 e. The Bertz CT molecular complexity index is 1240. The highest BCUT2D eigenvalue weighted by Crippen LogP contribution is 2.45. The molecule has 3 heterocycles. The smallest absolute Gasteiger partial charge is 0.380 e. The molecular formula is C24H25F3N2OS2. The molecule has 32 heavy (non-hydrogen) atoms. The number of thiophene rings is 1. The monoisotopic (exact) mass is 478 g/mol. The molecule has 4 aromatic rings. The molecule has 0 aliphatic rings. The SMILES string of the molecule is CCSc1cc2cc(CC(O)(CC(C)(C)c3cccc4ccsc34)C(F)(F)F)[nH]c2cn1. The number of alkyl halides is 3. The van der Waals surface area contributed by atoms with E-state index in [9.17, 15) is 18.3 Å². The van der Waals surface area contributed by atoms with Crippen LogP contribution in [0.4, 0.5) is 13.2 Å². The maximum absolute atomic E-state index is 14.2. The van der Waals surface area contributed by atoms with E-state index in [1.54, 1.807) is 37.9 Å². The lowest BCUT2D eigenvalue weighted by Gasteiger charge is -2.38. The van der Waals surface area contributed by atoms with Crippen molar-refractivity contribution < 1.29 is 18.3 Å². The zero-order valence-corrected chi connectivity index (χ0v) is 19.7. The van der Waals surface area contributed by atoms with Gasteiger partial charge >= 0.3 is 6.18 Å². The second kappa shape index (κ2) is 8.39. The number of halogens is 3. The molecule has 0 fully saturated rings. The van der Waals surface area contributed by atoms with Gasteiger partial charge in [-0.3, -0.25) is 0 Å². The fourth-order valence-corrected chi connectivity index (χ4v) is 6.05. The molecule has 4 rings (SSSR count). The lowest BCUT2D eigenvalue weighted by atomic mass is 9.73. The summed E-state index contributed by atoms with van der Waals surface area (Å²) in [4.78, 5) is 7.34. The Kier molecular flexibility index (Phi) is 6.07. The van der Waals surface area contributed by atoms with Crippen LogP contribution in [0.15, 0.2) is 53.0 Å². The highest BCUT2D eigenvalue weighted by Gasteiger charge is 2.56. The van der Waals surface area contributed by atoms with Gasteiger partial charge in [0.1, 0.15) is 0 Å². The first-order chi connectivity index (χ1) is 15.0. The van der Waals surface area contributed by atoms with Crippen molar-refractivity contribution in [2.75, 3.05) is 5.75 Å². The minimum absolute atomic E-state index is 0.338. The van der Waals surface area contributed by atoms with Crippen LogP contribution in [0.1, 0.15) is 38.4 Å². The fourth-order valence-electron chi connectivity index (χ4n) is 4.32. The Morgan fingerprint density at radius 2 is 1.91 bits per heavy atom. The summed E-state index contributed by atoms with van der Waals surface area (Å²) in [5.74, 6) is 0.857. The van der Waals surface area contributed by atoms with E-state index in [2.05, 4.69) is 9.97 Å². The van der Waals surface area contributed by atoms with E-state index in [1.807, 2.05) is 42.6 Å². The van der Waals surface area contributed by atoms with E-state index in [1.165, 1.54) is 11.3 Å². The molecule has 2 N–H and O–H groups in total. The second-order valence-corrected chi connectivity index (χ2v) is 10.9. The van der Waals surface area contributed by atoms with Gasteiger partial charge in [0, 0.05) is 22.2 Å². The lowest BCUT2D eigenvalue weighted by molar-refractivity contribution is -0.266. The normalized spacial score (nSPS) is 14.8. The van der Waals surface area contributed by atoms with Crippen molar-refractivity contribution in [2.24, 2.45) is 0 Å². The third-order valence-electron chi connectivity index (χ3n) is 5.78. The largest absolute Gasteiger partial charge is 0.417 e. The van der Waals surface area contributed by atoms with Crippen molar-refractivity contribution in [1.29, 1.82) is 0 Å². The van der Waals surface area contributed by atoms with E-state index >= 15 is 0 Å². The lowest BCUT2D eigenvalue weighted by Crippen LogP contribution is -2.50. The first-order valence-electron chi connectivity index (χ1n) is 10.4. The minimum atomic E-state index is -4.79. The molecule has 0 radical (unpaired) electrons. The molecule has 0 saturated heterocycles. The Morgan fingerprint density at radius 3 is 2.62 bits per heavy atom. The number of fused-ring (bicyclic) bond motifs is 2. The van der Waals surface area contributed by atoms with E-state index in [-0.39, 0.29) is 0 Å². The van der Waals surface area contributed by atoms with Crippen molar-refractivity contribution in [3.05, 3.63) is 59.2 Å². The molecule has 1 atom stereocenters. The van der Waals surface area contributed by atoms with Gasteiger partial charge in [0.15, 0.2) is 5.60 Å². The highest BCUT2D eigenvalue weighted by atomic mass is 32.2. The zero-order valence-electron chi connectivity index (χ0n) is 18.1. The van der Waals surface area contributed by atoms with Crippen molar-refractivity contribution >= 4 is 44.1 Å². The van der Waals surface area contributed by atoms with E-state index in [0.717, 1.165) is 31.8 Å². The number of hydrogen-bond acceptors (Lipinski definition) is 4. The van der Waals surface area contributed by atoms with Gasteiger partial charge < -0.3 is 10.1 Å². The van der Waals surface area contributed by atoms with Gasteiger partial charge in [-0.25, -0.2) is 4.98 Å². The number of rotatable bonds is 7. The Morgan fingerprint density at radius 1 is 1.12 bits per heavy atom. The predicted octanol–water partition coefficient (Wildman–Crippen LogP) is 7.09. The van der Waals surface area contributed by atoms with Crippen LogP contribution in [0.3, 0.4) is 0 Å². The van der Waals surface area contributed by atoms with Crippen LogP contribution in [0, 0.1) is 0 Å². The molecule has 0 amide bonds. The number of aliphatic hydroxyl groups is 1. The maximum Gasteiger partial charge on any atom is 0.417 e. The van der Waals surface area contributed by atoms with Crippen molar-refractivity contribution in [3.63, 3.8) is 0 Å². The first kappa shape index (κ1) is 23.1. The molecule has 0 aliphatic carbocycles. The topological polar surface area (TPSA) is 48.9 Å². The summed E-state index contributed by atoms with van der Waals surface area (Å²) in [6.07, 6.45) is -4.16. The maximum atomic E-state index is 14.2. The number of pyridine rings is 1. The molecule has 0 spiro atoms. The van der Waals surface area contributed by atoms with E-state index in [4.69, 9.17) is 0 Å². The first-order valence-corrected chi connectivity index (χ1v) is 12.3. The molecule has 8 heteroatoms. The molecule has 0 aliphatic heterocycles. The number of H-pyrrole nitrogens is 1. The van der Waals surface area contributed by atoms with Gasteiger partial charge in [0.25, 0.3) is 0 Å². The van der Waals surface area contributed by atoms with Crippen LogP contribution < -0.4 is 0 Å². The average Bonchev–Trinajstić information content (AvgIpc) is 3.32. The van der Waals surface area contributed by atoms with Crippen molar-refractivity contribution in [2.45, 2.75) is 55.8 Å². The number of aromatic amines is 1. The Hall–Kier alpha value is -2.03. The van der Waals surface area contributed by atoms with Crippen LogP contribution >= 0.6 is 23.1 Å². The number of hydrogen-bond donors (Lipinski definition) is 2. The van der Waals surface area contributed by atoms with Gasteiger partial charge in [-0.15, -0.1) is 23.1 Å². The van der Waals surface area contributed by atoms with Crippen LogP contribution in [0.2, 0.25) is 0 Å². The predicted molar refractivity (Wildman–Crippen MR) is 127 cm³/mol. The molecular weight excluding hydrogens is 453 g/mol. The number of aromatic nitrogens is 2. The van der Waals surface area contributed by atoms with Crippen LogP contribution in [-0.2, 0) is 11.8 Å². The summed E-state index contributed by atoms with van der Waals surface area (Å²) in [5.41, 5.74) is -1.97. The van der Waals surface area contributed by atoms with Gasteiger partial charge in [-0.1, -0.05) is 39.0 Å². The summed E-state index contributed by atoms with van der Waals surface area (Å²) in [6, 6.07) is 11.2. The number of benzene rings is 1. The third-order valence-corrected chi connectivity index (χ3v) is 7.55. The molecule has 170 valence electrons. The van der Waals surface area contributed by atoms with Crippen molar-refractivity contribution in [1.82, 2.24) is 9.97 Å². The van der Waals surface area contributed by atoms with Crippen LogP contribution in [0.25, 0.3) is 21.0 Å². The molecule has 3 aromatic heterocycles. The Labute approximate surface area is 193 Å². The molecule has 3 nitrogen and oxygen atoms in total. The average molecular weight is 479 g/mol. The van der Waals surface area contributed by atoms with E-state index < -0.39 is 30.0 Å².